The van der Waals surface area contributed by atoms with Gasteiger partial charge < -0.3 is 10.2 Å². The summed E-state index contributed by atoms with van der Waals surface area (Å²) in [5, 5.41) is 4.38. The Bertz CT molecular complexity index is 1150. The zero-order chi connectivity index (χ0) is 26.1. The van der Waals surface area contributed by atoms with Crippen LogP contribution in [0.2, 0.25) is 10.0 Å². The molecule has 0 aliphatic heterocycles. The van der Waals surface area contributed by atoms with Crippen molar-refractivity contribution in [3.05, 3.63) is 106 Å². The second-order valence-electron chi connectivity index (χ2n) is 9.72. The van der Waals surface area contributed by atoms with Crippen molar-refractivity contribution in [2.75, 3.05) is 5.75 Å². The zero-order valence-corrected chi connectivity index (χ0v) is 23.2. The van der Waals surface area contributed by atoms with Crippen LogP contribution in [0.15, 0.2) is 78.9 Å². The lowest BCUT2D eigenvalue weighted by molar-refractivity contribution is -0.140. The molecule has 190 valence electrons. The van der Waals surface area contributed by atoms with Gasteiger partial charge in [-0.2, -0.15) is 0 Å². The van der Waals surface area contributed by atoms with E-state index >= 15 is 0 Å². The highest BCUT2D eigenvalue weighted by molar-refractivity contribution is 7.99. The maximum atomic E-state index is 13.6. The molecule has 7 heteroatoms. The fourth-order valence-electron chi connectivity index (χ4n) is 3.76. The van der Waals surface area contributed by atoms with E-state index in [1.165, 1.54) is 11.8 Å². The van der Waals surface area contributed by atoms with E-state index in [2.05, 4.69) is 5.32 Å². The number of carbonyl (C=O) groups excluding carboxylic acids is 2. The number of hydrogen-bond acceptors (Lipinski definition) is 3. The van der Waals surface area contributed by atoms with E-state index < -0.39 is 11.6 Å². The maximum Gasteiger partial charge on any atom is 0.243 e. The van der Waals surface area contributed by atoms with Crippen LogP contribution < -0.4 is 5.32 Å². The van der Waals surface area contributed by atoms with Gasteiger partial charge in [-0.05, 0) is 61.7 Å². The van der Waals surface area contributed by atoms with Crippen LogP contribution in [-0.2, 0) is 28.3 Å². The molecule has 1 unspecified atom stereocenters. The first-order valence-electron chi connectivity index (χ1n) is 11.8. The minimum absolute atomic E-state index is 0.0954. The predicted octanol–water partition coefficient (Wildman–Crippen LogP) is 6.78. The molecule has 2 amide bonds. The SMILES string of the molecule is CC(C)(C)NC(=O)C(Cc1ccccc1)N(Cc1ccc(Cl)cc1)C(=O)CSCc1cccc(Cl)c1. The van der Waals surface area contributed by atoms with E-state index in [0.717, 1.165) is 16.7 Å². The molecule has 0 bridgehead atoms. The van der Waals surface area contributed by atoms with Crippen molar-refractivity contribution in [2.24, 2.45) is 0 Å². The summed E-state index contributed by atoms with van der Waals surface area (Å²) >= 11 is 13.7. The third-order valence-electron chi connectivity index (χ3n) is 5.42. The third kappa shape index (κ3) is 9.20. The topological polar surface area (TPSA) is 49.4 Å². The Hall–Kier alpha value is -2.47. The van der Waals surface area contributed by atoms with Crippen molar-refractivity contribution in [1.29, 1.82) is 0 Å². The van der Waals surface area contributed by atoms with Crippen LogP contribution in [0.3, 0.4) is 0 Å². The van der Waals surface area contributed by atoms with E-state index in [9.17, 15) is 9.59 Å². The quantitative estimate of drug-likeness (QED) is 0.307. The number of benzene rings is 3. The van der Waals surface area contributed by atoms with Crippen molar-refractivity contribution in [3.63, 3.8) is 0 Å². The summed E-state index contributed by atoms with van der Waals surface area (Å²) in [4.78, 5) is 28.9. The molecule has 0 aliphatic rings. The summed E-state index contributed by atoms with van der Waals surface area (Å²) in [6, 6.07) is 24.1. The molecule has 0 aromatic heterocycles. The minimum atomic E-state index is -0.665. The van der Waals surface area contributed by atoms with Gasteiger partial charge in [0, 0.05) is 34.3 Å². The summed E-state index contributed by atoms with van der Waals surface area (Å²) in [7, 11) is 0. The van der Waals surface area contributed by atoms with Crippen LogP contribution in [0.1, 0.15) is 37.5 Å². The van der Waals surface area contributed by atoms with E-state index in [1.54, 1.807) is 17.0 Å². The van der Waals surface area contributed by atoms with Crippen LogP contribution >= 0.6 is 35.0 Å². The Morgan fingerprint density at radius 1 is 0.861 bits per heavy atom. The lowest BCUT2D eigenvalue weighted by Crippen LogP contribution is -2.54. The molecule has 3 rings (SSSR count). The molecular weight excluding hydrogens is 511 g/mol. The van der Waals surface area contributed by atoms with Gasteiger partial charge in [0.1, 0.15) is 6.04 Å². The molecule has 0 aliphatic carbocycles. The minimum Gasteiger partial charge on any atom is -0.350 e. The molecule has 3 aromatic rings. The van der Waals surface area contributed by atoms with Gasteiger partial charge in [0.2, 0.25) is 11.8 Å². The Kier molecular flexibility index (Phi) is 10.3. The maximum absolute atomic E-state index is 13.6. The van der Waals surface area contributed by atoms with Crippen LogP contribution in [0.25, 0.3) is 0 Å². The van der Waals surface area contributed by atoms with Crippen molar-refractivity contribution in [1.82, 2.24) is 10.2 Å². The molecule has 36 heavy (non-hydrogen) atoms. The Balaban J connectivity index is 1.86. The largest absolute Gasteiger partial charge is 0.350 e. The van der Waals surface area contributed by atoms with Gasteiger partial charge in [-0.3, -0.25) is 9.59 Å². The van der Waals surface area contributed by atoms with E-state index in [1.807, 2.05) is 87.5 Å². The van der Waals surface area contributed by atoms with Crippen molar-refractivity contribution in [2.45, 2.75) is 51.1 Å². The molecule has 0 heterocycles. The summed E-state index contributed by atoms with van der Waals surface area (Å²) in [6.07, 6.45) is 0.418. The molecule has 0 radical (unpaired) electrons. The van der Waals surface area contributed by atoms with Crippen LogP contribution in [-0.4, -0.2) is 34.0 Å². The lowest BCUT2D eigenvalue weighted by atomic mass is 10.0. The zero-order valence-electron chi connectivity index (χ0n) is 20.8. The van der Waals surface area contributed by atoms with E-state index in [-0.39, 0.29) is 17.6 Å². The van der Waals surface area contributed by atoms with Gasteiger partial charge in [0.25, 0.3) is 0 Å². The first-order valence-corrected chi connectivity index (χ1v) is 13.7. The standard InChI is InChI=1S/C29H32Cl2N2O2S/c1-29(2,3)32-28(35)26(17-21-8-5-4-6-9-21)33(18-22-12-14-24(30)15-13-22)27(34)20-36-19-23-10-7-11-25(31)16-23/h4-16,26H,17-20H2,1-3H3,(H,32,35). The molecular formula is C29H32Cl2N2O2S. The van der Waals surface area contributed by atoms with Crippen molar-refractivity contribution < 1.29 is 9.59 Å². The van der Waals surface area contributed by atoms with Gasteiger partial charge in [-0.15, -0.1) is 11.8 Å². The number of rotatable bonds is 10. The number of halogens is 2. The molecule has 0 spiro atoms. The summed E-state index contributed by atoms with van der Waals surface area (Å²) in [5.74, 6) is 0.628. The van der Waals surface area contributed by atoms with Gasteiger partial charge in [-0.1, -0.05) is 77.8 Å². The fraction of sp³-hybridized carbons (Fsp3) is 0.310. The monoisotopic (exact) mass is 542 g/mol. The number of amides is 2. The molecule has 0 saturated carbocycles. The van der Waals surface area contributed by atoms with Crippen molar-refractivity contribution >= 4 is 46.8 Å². The second kappa shape index (κ2) is 13.2. The highest BCUT2D eigenvalue weighted by Gasteiger charge is 2.32. The molecule has 4 nitrogen and oxygen atoms in total. The average Bonchev–Trinajstić information content (AvgIpc) is 2.82. The van der Waals surface area contributed by atoms with Gasteiger partial charge in [0.05, 0.1) is 5.75 Å². The lowest BCUT2D eigenvalue weighted by Gasteiger charge is -2.34. The number of thioether (sulfide) groups is 1. The summed E-state index contributed by atoms with van der Waals surface area (Å²) in [6.45, 7) is 6.13. The Morgan fingerprint density at radius 3 is 2.17 bits per heavy atom. The first-order chi connectivity index (χ1) is 17.1. The summed E-state index contributed by atoms with van der Waals surface area (Å²) in [5.41, 5.74) is 2.53. The molecule has 0 fully saturated rings. The smallest absolute Gasteiger partial charge is 0.243 e. The Labute approximate surface area is 228 Å². The normalized spacial score (nSPS) is 12.1. The third-order valence-corrected chi connectivity index (χ3v) is 6.89. The highest BCUT2D eigenvalue weighted by atomic mass is 35.5. The van der Waals surface area contributed by atoms with Gasteiger partial charge >= 0.3 is 0 Å². The molecule has 1 N–H and O–H groups in total. The number of carbonyl (C=O) groups is 2. The Morgan fingerprint density at radius 2 is 1.53 bits per heavy atom. The van der Waals surface area contributed by atoms with Gasteiger partial charge in [0.15, 0.2) is 0 Å². The predicted molar refractivity (Wildman–Crippen MR) is 151 cm³/mol. The number of nitrogens with zero attached hydrogens (tertiary/aromatic N) is 1. The number of hydrogen-bond donors (Lipinski definition) is 1. The second-order valence-corrected chi connectivity index (χ2v) is 11.6. The highest BCUT2D eigenvalue weighted by Crippen LogP contribution is 2.21. The van der Waals surface area contributed by atoms with Crippen molar-refractivity contribution in [3.8, 4) is 0 Å². The van der Waals surface area contributed by atoms with Gasteiger partial charge in [-0.25, -0.2) is 0 Å². The fourth-order valence-corrected chi connectivity index (χ4v) is 4.96. The van der Waals surface area contributed by atoms with E-state index in [0.29, 0.717) is 28.8 Å². The summed E-state index contributed by atoms with van der Waals surface area (Å²) < 4.78 is 0. The van der Waals surface area contributed by atoms with Crippen LogP contribution in [0.5, 0.6) is 0 Å². The molecule has 0 saturated heterocycles. The molecule has 1 atom stereocenters. The molecule has 3 aromatic carbocycles. The van der Waals surface area contributed by atoms with Crippen LogP contribution in [0.4, 0.5) is 0 Å². The van der Waals surface area contributed by atoms with E-state index in [4.69, 9.17) is 23.2 Å². The number of nitrogens with one attached hydrogen (secondary N) is 1. The van der Waals surface area contributed by atoms with Crippen LogP contribution in [0, 0.1) is 0 Å². The first kappa shape index (κ1) is 28.1. The average molecular weight is 544 g/mol.